The van der Waals surface area contributed by atoms with Gasteiger partial charge in [-0.1, -0.05) is 19.6 Å². The molecule has 0 radical (unpaired) electrons. The van der Waals surface area contributed by atoms with Gasteiger partial charge in [-0.15, -0.1) is 0 Å². The van der Waals surface area contributed by atoms with Crippen LogP contribution in [0.15, 0.2) is 71.2 Å². The van der Waals surface area contributed by atoms with E-state index in [2.05, 4.69) is 0 Å². The van der Waals surface area contributed by atoms with Crippen molar-refractivity contribution >= 4 is 29.0 Å². The zero-order chi connectivity index (χ0) is 26.0. The molecule has 0 aromatic heterocycles. The number of hydrogen-bond acceptors (Lipinski definition) is 5. The van der Waals surface area contributed by atoms with Crippen LogP contribution in [0, 0.1) is 0 Å². The molecule has 4 atom stereocenters. The Balaban J connectivity index is 1.44. The van der Waals surface area contributed by atoms with Crippen molar-refractivity contribution in [2.45, 2.75) is 31.7 Å². The molecule has 0 saturated heterocycles. The molecule has 4 unspecified atom stereocenters. The van der Waals surface area contributed by atoms with E-state index in [0.29, 0.717) is 11.1 Å². The molecule has 2 aromatic rings. The molecule has 0 spiro atoms. The lowest BCUT2D eigenvalue weighted by Gasteiger charge is -2.31. The molecule has 5 rings (SSSR count). The molecule has 8 nitrogen and oxygen atoms in total. The van der Waals surface area contributed by atoms with Gasteiger partial charge in [-0.3, -0.25) is 19.3 Å². The Kier molecular flexibility index (Phi) is 5.37. The van der Waals surface area contributed by atoms with Crippen molar-refractivity contribution < 1.29 is 24.4 Å². The van der Waals surface area contributed by atoms with Crippen LogP contribution in [0.2, 0.25) is 0 Å². The number of rotatable bonds is 4. The SMILES string of the molecule is CC1/C(=C/C2=C([O-])C(=C\C3C(C)c4cc(C(N)=O)ccc4[NH+]3C)/C2=O)N(C)c2ccc(C(N)=O)cc21. The lowest BCUT2D eigenvalue weighted by molar-refractivity contribution is -0.825. The summed E-state index contributed by atoms with van der Waals surface area (Å²) in [5, 5.41) is 13.1. The summed E-state index contributed by atoms with van der Waals surface area (Å²) in [6, 6.07) is 10.5. The Morgan fingerprint density at radius 2 is 1.64 bits per heavy atom. The number of ketones is 1. The molecule has 0 saturated carbocycles. The number of benzene rings is 2. The first-order valence-corrected chi connectivity index (χ1v) is 11.9. The van der Waals surface area contributed by atoms with Crippen LogP contribution in [0.3, 0.4) is 0 Å². The fourth-order valence-corrected chi connectivity index (χ4v) is 5.68. The van der Waals surface area contributed by atoms with E-state index in [1.165, 1.54) is 0 Å². The fraction of sp³-hybridized carbons (Fsp3) is 0.250. The highest BCUT2D eigenvalue weighted by Crippen LogP contribution is 2.44. The highest BCUT2D eigenvalue weighted by Gasteiger charge is 2.40. The number of allylic oxidation sites excluding steroid dienone is 4. The van der Waals surface area contributed by atoms with Gasteiger partial charge in [-0.05, 0) is 48.0 Å². The number of carbonyl (C=O) groups is 3. The molecule has 36 heavy (non-hydrogen) atoms. The maximum atomic E-state index is 13.1. The zero-order valence-corrected chi connectivity index (χ0v) is 20.6. The Labute approximate surface area is 209 Å². The van der Waals surface area contributed by atoms with Crippen LogP contribution in [-0.4, -0.2) is 37.7 Å². The van der Waals surface area contributed by atoms with Crippen LogP contribution in [0.1, 0.15) is 57.5 Å². The largest absolute Gasteiger partial charge is 0.871 e. The van der Waals surface area contributed by atoms with Gasteiger partial charge in [0.15, 0.2) is 5.78 Å². The number of quaternary nitrogens is 1. The summed E-state index contributed by atoms with van der Waals surface area (Å²) in [4.78, 5) is 39.3. The highest BCUT2D eigenvalue weighted by molar-refractivity contribution is 6.20. The summed E-state index contributed by atoms with van der Waals surface area (Å²) in [6.45, 7) is 3.99. The Morgan fingerprint density at radius 3 is 2.25 bits per heavy atom. The number of fused-ring (bicyclic) bond motifs is 2. The van der Waals surface area contributed by atoms with Gasteiger partial charge in [-0.25, -0.2) is 0 Å². The molecule has 5 N–H and O–H groups in total. The van der Waals surface area contributed by atoms with E-state index in [1.54, 1.807) is 36.4 Å². The number of Topliss-reactive ketones (excluding diaryl/α,β-unsaturated/α-hetero) is 1. The van der Waals surface area contributed by atoms with Crippen molar-refractivity contribution in [1.82, 2.24) is 0 Å². The summed E-state index contributed by atoms with van der Waals surface area (Å²) < 4.78 is 0. The van der Waals surface area contributed by atoms with Crippen molar-refractivity contribution in [2.24, 2.45) is 11.5 Å². The molecule has 2 aliphatic heterocycles. The van der Waals surface area contributed by atoms with Gasteiger partial charge in [0, 0.05) is 64.2 Å². The molecule has 1 aliphatic carbocycles. The molecule has 184 valence electrons. The zero-order valence-electron chi connectivity index (χ0n) is 20.6. The molecule has 2 amide bonds. The van der Waals surface area contributed by atoms with Crippen molar-refractivity contribution in [3.8, 4) is 0 Å². The quantitative estimate of drug-likeness (QED) is 0.552. The van der Waals surface area contributed by atoms with E-state index in [0.717, 1.165) is 33.1 Å². The Bertz CT molecular complexity index is 1450. The lowest BCUT2D eigenvalue weighted by Crippen LogP contribution is -3.06. The standard InChI is InChI=1S/C28H28N4O4/c1-13-17-9-15(27(29)35)5-7-21(17)31(3)23(13)11-19-25(33)20(26(19)34)12-24-14(2)18-10-16(28(30)36)6-8-22(18)32(24)4/h5-14,23,33H,1-4H3,(H2,29,35)(H2,30,36)/b19-11+,24-12-. The Morgan fingerprint density at radius 1 is 1.03 bits per heavy atom. The lowest BCUT2D eigenvalue weighted by atomic mass is 9.83. The van der Waals surface area contributed by atoms with Gasteiger partial charge in [-0.2, -0.15) is 0 Å². The number of nitrogens with one attached hydrogen (secondary N) is 1. The Hall–Kier alpha value is -4.17. The van der Waals surface area contributed by atoms with Gasteiger partial charge in [0.25, 0.3) is 0 Å². The number of anilines is 1. The molecule has 3 aliphatic rings. The van der Waals surface area contributed by atoms with Crippen LogP contribution < -0.4 is 26.4 Å². The first-order valence-electron chi connectivity index (χ1n) is 11.9. The van der Waals surface area contributed by atoms with Crippen LogP contribution in [-0.2, 0) is 4.79 Å². The number of carbonyl (C=O) groups excluding carboxylic acids is 3. The van der Waals surface area contributed by atoms with Crippen molar-refractivity contribution in [3.05, 3.63) is 93.4 Å². The molecule has 0 fully saturated rings. The minimum atomic E-state index is -0.500. The first-order chi connectivity index (χ1) is 17.0. The smallest absolute Gasteiger partial charge is 0.248 e. The van der Waals surface area contributed by atoms with Crippen LogP contribution in [0.5, 0.6) is 0 Å². The van der Waals surface area contributed by atoms with E-state index < -0.39 is 11.8 Å². The number of hydrogen-bond donors (Lipinski definition) is 3. The maximum Gasteiger partial charge on any atom is 0.248 e. The van der Waals surface area contributed by atoms with Gasteiger partial charge in [0.1, 0.15) is 11.7 Å². The summed E-state index contributed by atoms with van der Waals surface area (Å²) >= 11 is 0. The van der Waals surface area contributed by atoms with E-state index in [9.17, 15) is 19.5 Å². The summed E-state index contributed by atoms with van der Waals surface area (Å²) in [5.41, 5.74) is 16.8. The monoisotopic (exact) mass is 484 g/mol. The van der Waals surface area contributed by atoms with Crippen molar-refractivity contribution in [3.63, 3.8) is 0 Å². The second kappa shape index (κ2) is 8.20. The number of primary amides is 2. The van der Waals surface area contributed by atoms with E-state index >= 15 is 0 Å². The second-order valence-corrected chi connectivity index (χ2v) is 9.80. The van der Waals surface area contributed by atoms with E-state index in [-0.39, 0.29) is 40.6 Å². The van der Waals surface area contributed by atoms with Gasteiger partial charge in [0.05, 0.1) is 7.05 Å². The fourth-order valence-electron chi connectivity index (χ4n) is 5.68. The molecule has 8 heteroatoms. The van der Waals surface area contributed by atoms with Gasteiger partial charge < -0.3 is 21.5 Å². The maximum absolute atomic E-state index is 13.1. The predicted octanol–water partition coefficient (Wildman–Crippen LogP) is 0.777. The number of amides is 2. The van der Waals surface area contributed by atoms with Crippen LogP contribution in [0.25, 0.3) is 0 Å². The summed E-state index contributed by atoms with van der Waals surface area (Å²) in [6.07, 6.45) is 3.44. The predicted molar refractivity (Wildman–Crippen MR) is 134 cm³/mol. The topological polar surface area (TPSA) is 134 Å². The molecule has 2 heterocycles. The van der Waals surface area contributed by atoms with Crippen LogP contribution in [0.4, 0.5) is 11.4 Å². The first kappa shape index (κ1) is 23.6. The second-order valence-electron chi connectivity index (χ2n) is 9.80. The highest BCUT2D eigenvalue weighted by atomic mass is 16.3. The van der Waals surface area contributed by atoms with Crippen molar-refractivity contribution in [1.29, 1.82) is 0 Å². The number of nitrogens with zero attached hydrogens (tertiary/aromatic N) is 1. The third kappa shape index (κ3) is 3.37. The summed E-state index contributed by atoms with van der Waals surface area (Å²) in [7, 11) is 3.86. The molecular formula is C28H28N4O4. The minimum absolute atomic E-state index is 0.00439. The number of nitrogens with two attached hydrogens (primary N) is 2. The average molecular weight is 485 g/mol. The molecule has 0 bridgehead atoms. The van der Waals surface area contributed by atoms with E-state index in [1.807, 2.05) is 45.0 Å². The normalized spacial score (nSPS) is 26.9. The van der Waals surface area contributed by atoms with Crippen LogP contribution >= 0.6 is 0 Å². The molecule has 2 aromatic carbocycles. The molecular weight excluding hydrogens is 456 g/mol. The minimum Gasteiger partial charge on any atom is -0.871 e. The van der Waals surface area contributed by atoms with Crippen molar-refractivity contribution in [2.75, 3.05) is 19.0 Å². The van der Waals surface area contributed by atoms with Gasteiger partial charge >= 0.3 is 0 Å². The third-order valence-corrected chi connectivity index (χ3v) is 7.88. The number of likely N-dealkylation sites (N-methyl/N-ethyl adjacent to an activating group) is 2. The third-order valence-electron chi connectivity index (χ3n) is 7.88. The average Bonchev–Trinajstić information content (AvgIpc) is 3.24. The van der Waals surface area contributed by atoms with Gasteiger partial charge in [0.2, 0.25) is 11.8 Å². The summed E-state index contributed by atoms with van der Waals surface area (Å²) in [5.74, 6) is -1.62. The van der Waals surface area contributed by atoms with E-state index in [4.69, 9.17) is 11.5 Å².